The predicted molar refractivity (Wildman–Crippen MR) is 83.5 cm³/mol. The lowest BCUT2D eigenvalue weighted by molar-refractivity contribution is 0.179. The number of aliphatic hydroxyl groups excluding tert-OH is 1. The first kappa shape index (κ1) is 16.4. The maximum atomic E-state index is 13.3. The van der Waals surface area contributed by atoms with E-state index >= 15 is 0 Å². The van der Waals surface area contributed by atoms with Gasteiger partial charge in [-0.2, -0.15) is 0 Å². The van der Waals surface area contributed by atoms with E-state index in [0.29, 0.717) is 11.6 Å². The van der Waals surface area contributed by atoms with Crippen LogP contribution in [-0.2, 0) is 13.2 Å². The molecule has 3 nitrogen and oxygen atoms in total. The third-order valence-electron chi connectivity index (χ3n) is 4.09. The number of hydrogen-bond acceptors (Lipinski definition) is 3. The summed E-state index contributed by atoms with van der Waals surface area (Å²) in [4.78, 5) is 2.53. The third kappa shape index (κ3) is 5.06. The van der Waals surface area contributed by atoms with Crippen molar-refractivity contribution in [1.29, 1.82) is 0 Å². The maximum Gasteiger partial charge on any atom is 0.128 e. The minimum atomic E-state index is -0.330. The van der Waals surface area contributed by atoms with Gasteiger partial charge in [-0.25, -0.2) is 4.39 Å². The molecular weight excluding hydrogens is 267 g/mol. The molecule has 0 bridgehead atoms. The average molecular weight is 294 g/mol. The zero-order chi connectivity index (χ0) is 15.2. The molecule has 0 radical (unpaired) electrons. The molecule has 1 aliphatic rings. The van der Waals surface area contributed by atoms with Gasteiger partial charge in [-0.1, -0.05) is 19.9 Å². The molecule has 1 fully saturated rings. The van der Waals surface area contributed by atoms with Crippen LogP contribution >= 0.6 is 0 Å². The van der Waals surface area contributed by atoms with Crippen molar-refractivity contribution in [3.05, 3.63) is 35.1 Å². The first-order valence-electron chi connectivity index (χ1n) is 7.92. The normalized spacial score (nSPS) is 17.6. The highest BCUT2D eigenvalue weighted by Gasteiger charge is 2.19. The van der Waals surface area contributed by atoms with E-state index in [0.717, 1.165) is 31.1 Å². The van der Waals surface area contributed by atoms with Gasteiger partial charge >= 0.3 is 0 Å². The predicted octanol–water partition coefficient (Wildman–Crippen LogP) is 2.53. The minimum absolute atomic E-state index is 0.243. The fourth-order valence-corrected chi connectivity index (χ4v) is 2.96. The highest BCUT2D eigenvalue weighted by molar-refractivity contribution is 5.24. The van der Waals surface area contributed by atoms with Crippen LogP contribution in [0.1, 0.15) is 37.8 Å². The van der Waals surface area contributed by atoms with Gasteiger partial charge in [-0.3, -0.25) is 0 Å². The number of likely N-dealkylation sites (tertiary alicyclic amines) is 1. The monoisotopic (exact) mass is 294 g/mol. The van der Waals surface area contributed by atoms with Crippen LogP contribution in [0.4, 0.5) is 4.39 Å². The van der Waals surface area contributed by atoms with Crippen molar-refractivity contribution in [3.8, 4) is 0 Å². The van der Waals surface area contributed by atoms with E-state index in [1.165, 1.54) is 25.5 Å². The first-order valence-corrected chi connectivity index (χ1v) is 7.92. The Morgan fingerprint density at radius 3 is 2.67 bits per heavy atom. The molecule has 0 atom stereocenters. The standard InChI is InChI=1S/C17H27FN2O/c1-13(2)11-20-7-5-16(6-8-20)19-10-14-3-4-17(18)15(9-14)12-21/h3-4,9,13,16,19,21H,5-8,10-12H2,1-2H3. The molecule has 2 rings (SSSR count). The highest BCUT2D eigenvalue weighted by Crippen LogP contribution is 2.14. The summed E-state index contributed by atoms with van der Waals surface area (Å²) in [5, 5.41) is 12.6. The molecule has 1 heterocycles. The largest absolute Gasteiger partial charge is 0.392 e. The van der Waals surface area contributed by atoms with Crippen LogP contribution < -0.4 is 5.32 Å². The second-order valence-electron chi connectivity index (χ2n) is 6.43. The molecule has 0 aromatic heterocycles. The van der Waals surface area contributed by atoms with Gasteiger partial charge in [0.1, 0.15) is 5.82 Å². The molecule has 0 unspecified atom stereocenters. The molecule has 1 aromatic carbocycles. The molecule has 2 N–H and O–H groups in total. The zero-order valence-corrected chi connectivity index (χ0v) is 13.1. The van der Waals surface area contributed by atoms with Gasteiger partial charge < -0.3 is 15.3 Å². The molecular formula is C17H27FN2O. The Balaban J connectivity index is 1.77. The molecule has 0 aliphatic carbocycles. The molecule has 0 spiro atoms. The Labute approximate surface area is 127 Å². The van der Waals surface area contributed by atoms with E-state index in [4.69, 9.17) is 5.11 Å². The smallest absolute Gasteiger partial charge is 0.128 e. The van der Waals surface area contributed by atoms with Gasteiger partial charge in [0, 0.05) is 24.7 Å². The molecule has 0 saturated carbocycles. The van der Waals surface area contributed by atoms with Crippen molar-refractivity contribution in [2.24, 2.45) is 5.92 Å². The van der Waals surface area contributed by atoms with Crippen molar-refractivity contribution < 1.29 is 9.50 Å². The van der Waals surface area contributed by atoms with E-state index < -0.39 is 0 Å². The summed E-state index contributed by atoms with van der Waals surface area (Å²) >= 11 is 0. The van der Waals surface area contributed by atoms with E-state index in [2.05, 4.69) is 24.1 Å². The van der Waals surface area contributed by atoms with Gasteiger partial charge in [0.15, 0.2) is 0 Å². The van der Waals surface area contributed by atoms with E-state index in [1.807, 2.05) is 0 Å². The van der Waals surface area contributed by atoms with Crippen LogP contribution in [0.5, 0.6) is 0 Å². The number of hydrogen-bond donors (Lipinski definition) is 2. The molecule has 1 aromatic rings. The molecule has 21 heavy (non-hydrogen) atoms. The summed E-state index contributed by atoms with van der Waals surface area (Å²) in [5.41, 5.74) is 1.41. The second kappa shape index (κ2) is 7.87. The summed E-state index contributed by atoms with van der Waals surface area (Å²) in [7, 11) is 0. The average Bonchev–Trinajstić information content (AvgIpc) is 2.47. The third-order valence-corrected chi connectivity index (χ3v) is 4.09. The minimum Gasteiger partial charge on any atom is -0.392 e. The second-order valence-corrected chi connectivity index (χ2v) is 6.43. The van der Waals surface area contributed by atoms with Crippen LogP contribution in [0, 0.1) is 11.7 Å². The lowest BCUT2D eigenvalue weighted by Crippen LogP contribution is -2.43. The van der Waals surface area contributed by atoms with Crippen LogP contribution in [0.25, 0.3) is 0 Å². The summed E-state index contributed by atoms with van der Waals surface area (Å²) in [6.45, 7) is 8.51. The fraction of sp³-hybridized carbons (Fsp3) is 0.647. The van der Waals surface area contributed by atoms with E-state index in [1.54, 1.807) is 12.1 Å². The first-order chi connectivity index (χ1) is 10.1. The number of halogens is 1. The zero-order valence-electron chi connectivity index (χ0n) is 13.1. The van der Waals surface area contributed by atoms with Crippen molar-refractivity contribution in [1.82, 2.24) is 10.2 Å². The van der Waals surface area contributed by atoms with Crippen LogP contribution in [0.2, 0.25) is 0 Å². The van der Waals surface area contributed by atoms with E-state index in [-0.39, 0.29) is 12.4 Å². The van der Waals surface area contributed by atoms with E-state index in [9.17, 15) is 4.39 Å². The number of rotatable bonds is 6. The number of nitrogens with zero attached hydrogens (tertiary/aromatic N) is 1. The number of benzene rings is 1. The van der Waals surface area contributed by atoms with Crippen LogP contribution in [0.3, 0.4) is 0 Å². The van der Waals surface area contributed by atoms with Gasteiger partial charge in [0.05, 0.1) is 6.61 Å². The van der Waals surface area contributed by atoms with Gasteiger partial charge in [-0.05, 0) is 49.5 Å². The lowest BCUT2D eigenvalue weighted by Gasteiger charge is -2.33. The Hall–Kier alpha value is -0.970. The summed E-state index contributed by atoms with van der Waals surface area (Å²) in [6, 6.07) is 5.51. The molecule has 118 valence electrons. The van der Waals surface area contributed by atoms with Gasteiger partial charge in [-0.15, -0.1) is 0 Å². The fourth-order valence-electron chi connectivity index (χ4n) is 2.96. The van der Waals surface area contributed by atoms with Crippen molar-refractivity contribution in [3.63, 3.8) is 0 Å². The quantitative estimate of drug-likeness (QED) is 0.846. The number of piperidine rings is 1. The Kier molecular flexibility index (Phi) is 6.15. The SMILES string of the molecule is CC(C)CN1CCC(NCc2ccc(F)c(CO)c2)CC1. The summed E-state index contributed by atoms with van der Waals surface area (Å²) < 4.78 is 13.3. The Bertz CT molecular complexity index is 442. The summed E-state index contributed by atoms with van der Waals surface area (Å²) in [5.74, 6) is 0.397. The summed E-state index contributed by atoms with van der Waals surface area (Å²) in [6.07, 6.45) is 2.33. The van der Waals surface area contributed by atoms with Crippen molar-refractivity contribution >= 4 is 0 Å². The van der Waals surface area contributed by atoms with Gasteiger partial charge in [0.25, 0.3) is 0 Å². The lowest BCUT2D eigenvalue weighted by atomic mass is 10.0. The molecule has 0 amide bonds. The Morgan fingerprint density at radius 2 is 2.05 bits per heavy atom. The highest BCUT2D eigenvalue weighted by atomic mass is 19.1. The molecule has 4 heteroatoms. The van der Waals surface area contributed by atoms with Crippen molar-refractivity contribution in [2.75, 3.05) is 19.6 Å². The van der Waals surface area contributed by atoms with Crippen molar-refractivity contribution in [2.45, 2.75) is 45.9 Å². The Morgan fingerprint density at radius 1 is 1.33 bits per heavy atom. The van der Waals surface area contributed by atoms with Crippen LogP contribution in [-0.4, -0.2) is 35.7 Å². The number of aliphatic hydroxyl groups is 1. The maximum absolute atomic E-state index is 13.3. The topological polar surface area (TPSA) is 35.5 Å². The number of nitrogens with one attached hydrogen (secondary N) is 1. The molecule has 1 saturated heterocycles. The van der Waals surface area contributed by atoms with Gasteiger partial charge in [0.2, 0.25) is 0 Å². The molecule has 1 aliphatic heterocycles. The van der Waals surface area contributed by atoms with Crippen LogP contribution in [0.15, 0.2) is 18.2 Å².